The molecule has 1 atom stereocenters. The number of rotatable bonds is 11. The van der Waals surface area contributed by atoms with Gasteiger partial charge in [-0.25, -0.2) is 0 Å². The van der Waals surface area contributed by atoms with Gasteiger partial charge in [0.25, 0.3) is 0 Å². The van der Waals surface area contributed by atoms with Crippen LogP contribution in [0.3, 0.4) is 0 Å². The highest BCUT2D eigenvalue weighted by Gasteiger charge is 2.21. The molecule has 0 aromatic heterocycles. The highest BCUT2D eigenvalue weighted by Crippen LogP contribution is 2.24. The van der Waals surface area contributed by atoms with Crippen LogP contribution < -0.4 is 0 Å². The van der Waals surface area contributed by atoms with Gasteiger partial charge >= 0.3 is 0 Å². The molecule has 0 heterocycles. The van der Waals surface area contributed by atoms with E-state index in [1.54, 1.807) is 0 Å². The molecule has 0 spiro atoms. The molecule has 0 fully saturated rings. The van der Waals surface area contributed by atoms with E-state index in [0.717, 1.165) is 0 Å². The van der Waals surface area contributed by atoms with Crippen LogP contribution in [0.25, 0.3) is 0 Å². The zero-order valence-electron chi connectivity index (χ0n) is 12.0. The van der Waals surface area contributed by atoms with Crippen LogP contribution >= 0.6 is 0 Å². The summed E-state index contributed by atoms with van der Waals surface area (Å²) in [6.07, 6.45) is 13.4. The fourth-order valence-corrected chi connectivity index (χ4v) is 2.31. The molecule has 0 aromatic rings. The highest BCUT2D eigenvalue weighted by atomic mass is 16.5. The second-order valence-corrected chi connectivity index (χ2v) is 5.28. The van der Waals surface area contributed by atoms with Gasteiger partial charge < -0.3 is 4.74 Å². The first-order valence-electron chi connectivity index (χ1n) is 7.23. The molecule has 1 unspecified atom stereocenters. The van der Waals surface area contributed by atoms with Crippen LogP contribution in [-0.2, 0) is 4.74 Å². The molecule has 0 saturated heterocycles. The van der Waals surface area contributed by atoms with Gasteiger partial charge in [-0.2, -0.15) is 0 Å². The Morgan fingerprint density at radius 2 is 1.31 bits per heavy atom. The Kier molecular flexibility index (Phi) is 10.1. The fourth-order valence-electron chi connectivity index (χ4n) is 2.31. The second-order valence-electron chi connectivity index (χ2n) is 5.28. The summed E-state index contributed by atoms with van der Waals surface area (Å²) in [6.45, 7) is 6.77. The van der Waals surface area contributed by atoms with Gasteiger partial charge in [-0.3, -0.25) is 0 Å². The maximum atomic E-state index is 5.62. The molecule has 0 rings (SSSR count). The maximum Gasteiger partial charge on any atom is 0.0650 e. The predicted molar refractivity (Wildman–Crippen MR) is 72.9 cm³/mol. The third kappa shape index (κ3) is 8.15. The lowest BCUT2D eigenvalue weighted by atomic mass is 9.93. The summed E-state index contributed by atoms with van der Waals surface area (Å²) in [5.74, 6) is 0. The normalized spacial score (nSPS) is 15.0. The topological polar surface area (TPSA) is 9.23 Å². The largest absolute Gasteiger partial charge is 0.379 e. The van der Waals surface area contributed by atoms with Gasteiger partial charge in [0.1, 0.15) is 0 Å². The van der Waals surface area contributed by atoms with E-state index in [0.29, 0.717) is 0 Å². The average Bonchev–Trinajstić information content (AvgIpc) is 2.28. The Balaban J connectivity index is 3.41. The van der Waals surface area contributed by atoms with Crippen molar-refractivity contribution in [1.29, 1.82) is 0 Å². The summed E-state index contributed by atoms with van der Waals surface area (Å²) in [7, 11) is 1.86. The number of hydrogen-bond donors (Lipinski definition) is 0. The van der Waals surface area contributed by atoms with Crippen molar-refractivity contribution in [3.8, 4) is 0 Å². The van der Waals surface area contributed by atoms with Crippen LogP contribution in [0.1, 0.15) is 85.0 Å². The first-order valence-corrected chi connectivity index (χ1v) is 7.23. The summed E-state index contributed by atoms with van der Waals surface area (Å²) >= 11 is 0. The zero-order valence-corrected chi connectivity index (χ0v) is 12.0. The molecule has 0 amide bonds. The minimum absolute atomic E-state index is 0.137. The Morgan fingerprint density at radius 3 is 1.81 bits per heavy atom. The number of methoxy groups -OCH3 is 1. The minimum atomic E-state index is 0.137. The monoisotopic (exact) mass is 228 g/mol. The number of unbranched alkanes of at least 4 members (excludes halogenated alkanes) is 6. The minimum Gasteiger partial charge on any atom is -0.379 e. The first-order chi connectivity index (χ1) is 7.68. The molecule has 98 valence electrons. The standard InChI is InChI=1S/C15H32O/c1-5-7-8-9-10-11-12-14-15(3,16-4)13-6-2/h5-14H2,1-4H3. The molecular weight excluding hydrogens is 196 g/mol. The summed E-state index contributed by atoms with van der Waals surface area (Å²) < 4.78 is 5.62. The first kappa shape index (κ1) is 16.0. The molecule has 0 aliphatic heterocycles. The third-order valence-electron chi connectivity index (χ3n) is 3.58. The molecule has 0 aliphatic rings. The van der Waals surface area contributed by atoms with Gasteiger partial charge in [-0.15, -0.1) is 0 Å². The van der Waals surface area contributed by atoms with Crippen molar-refractivity contribution in [2.45, 2.75) is 90.6 Å². The quantitative estimate of drug-likeness (QED) is 0.434. The van der Waals surface area contributed by atoms with Crippen LogP contribution in [0.5, 0.6) is 0 Å². The molecular formula is C15H32O. The van der Waals surface area contributed by atoms with Gasteiger partial charge in [-0.1, -0.05) is 65.2 Å². The van der Waals surface area contributed by atoms with Crippen molar-refractivity contribution >= 4 is 0 Å². The van der Waals surface area contributed by atoms with Gasteiger partial charge in [0.15, 0.2) is 0 Å². The summed E-state index contributed by atoms with van der Waals surface area (Å²) in [4.78, 5) is 0. The molecule has 0 aliphatic carbocycles. The summed E-state index contributed by atoms with van der Waals surface area (Å²) in [5.41, 5.74) is 0.137. The van der Waals surface area contributed by atoms with Crippen LogP contribution in [0.4, 0.5) is 0 Å². The molecule has 0 bridgehead atoms. The molecule has 0 radical (unpaired) electrons. The van der Waals surface area contributed by atoms with Crippen molar-refractivity contribution in [1.82, 2.24) is 0 Å². The van der Waals surface area contributed by atoms with Crippen molar-refractivity contribution in [3.05, 3.63) is 0 Å². The number of hydrogen-bond acceptors (Lipinski definition) is 1. The van der Waals surface area contributed by atoms with Gasteiger partial charge in [0.2, 0.25) is 0 Å². The van der Waals surface area contributed by atoms with E-state index in [1.807, 2.05) is 7.11 Å². The van der Waals surface area contributed by atoms with Crippen molar-refractivity contribution in [3.63, 3.8) is 0 Å². The molecule has 1 heteroatoms. The maximum absolute atomic E-state index is 5.62. The molecule has 0 aromatic carbocycles. The lowest BCUT2D eigenvalue weighted by molar-refractivity contribution is -0.0106. The van der Waals surface area contributed by atoms with Crippen LogP contribution in [0.15, 0.2) is 0 Å². The van der Waals surface area contributed by atoms with Crippen LogP contribution in [0, 0.1) is 0 Å². The van der Waals surface area contributed by atoms with Crippen molar-refractivity contribution < 1.29 is 4.74 Å². The van der Waals surface area contributed by atoms with E-state index in [1.165, 1.54) is 64.2 Å². The Morgan fingerprint density at radius 1 is 0.750 bits per heavy atom. The van der Waals surface area contributed by atoms with Crippen LogP contribution in [0.2, 0.25) is 0 Å². The van der Waals surface area contributed by atoms with Crippen LogP contribution in [-0.4, -0.2) is 12.7 Å². The average molecular weight is 228 g/mol. The number of ether oxygens (including phenoxy) is 1. The SMILES string of the molecule is CCCCCCCCCC(C)(CCC)OC. The van der Waals surface area contributed by atoms with E-state index in [-0.39, 0.29) is 5.60 Å². The smallest absolute Gasteiger partial charge is 0.0650 e. The summed E-state index contributed by atoms with van der Waals surface area (Å²) in [5, 5.41) is 0. The fraction of sp³-hybridized carbons (Fsp3) is 1.00. The van der Waals surface area contributed by atoms with E-state index in [4.69, 9.17) is 4.74 Å². The molecule has 0 N–H and O–H groups in total. The van der Waals surface area contributed by atoms with Crippen molar-refractivity contribution in [2.75, 3.05) is 7.11 Å². The Bertz CT molecular complexity index is 144. The van der Waals surface area contributed by atoms with E-state index in [2.05, 4.69) is 20.8 Å². The predicted octanol–water partition coefficient (Wildman–Crippen LogP) is 5.33. The highest BCUT2D eigenvalue weighted by molar-refractivity contribution is 4.73. The van der Waals surface area contributed by atoms with E-state index >= 15 is 0 Å². The van der Waals surface area contributed by atoms with E-state index in [9.17, 15) is 0 Å². The summed E-state index contributed by atoms with van der Waals surface area (Å²) in [6, 6.07) is 0. The third-order valence-corrected chi connectivity index (χ3v) is 3.58. The lowest BCUT2D eigenvalue weighted by Gasteiger charge is -2.27. The molecule has 0 saturated carbocycles. The van der Waals surface area contributed by atoms with Crippen molar-refractivity contribution in [2.24, 2.45) is 0 Å². The van der Waals surface area contributed by atoms with E-state index < -0.39 is 0 Å². The second kappa shape index (κ2) is 10.1. The Labute approximate surface area is 103 Å². The lowest BCUT2D eigenvalue weighted by Crippen LogP contribution is -2.26. The zero-order chi connectivity index (χ0) is 12.3. The Hall–Kier alpha value is -0.0400. The molecule has 16 heavy (non-hydrogen) atoms. The van der Waals surface area contributed by atoms with Gasteiger partial charge in [0.05, 0.1) is 5.60 Å². The molecule has 1 nitrogen and oxygen atoms in total. The van der Waals surface area contributed by atoms with Gasteiger partial charge in [-0.05, 0) is 19.8 Å². The van der Waals surface area contributed by atoms with Gasteiger partial charge in [0, 0.05) is 7.11 Å².